The van der Waals surface area contributed by atoms with Crippen molar-refractivity contribution in [3.05, 3.63) is 6.20 Å². The number of halogens is 1. The summed E-state index contributed by atoms with van der Waals surface area (Å²) in [5.41, 5.74) is 5.21. The average Bonchev–Trinajstić information content (AvgIpc) is 3.04. The zero-order valence-corrected chi connectivity index (χ0v) is 12.1. The highest BCUT2D eigenvalue weighted by molar-refractivity contribution is 5.89. The number of hydrogen-bond donors (Lipinski definition) is 1. The van der Waals surface area contributed by atoms with Crippen LogP contribution in [0.2, 0.25) is 0 Å². The number of amides is 2. The summed E-state index contributed by atoms with van der Waals surface area (Å²) in [6.45, 7) is 2.42. The minimum absolute atomic E-state index is 0.0150. The van der Waals surface area contributed by atoms with Crippen LogP contribution in [0.4, 0.5) is 10.2 Å². The highest BCUT2D eigenvalue weighted by Crippen LogP contribution is 2.20. The number of alkyl halides is 1. The predicted molar refractivity (Wildman–Crippen MR) is 73.2 cm³/mol. The normalized spacial score (nSPS) is 21.6. The minimum Gasteiger partial charge on any atom is -0.368 e. The summed E-state index contributed by atoms with van der Waals surface area (Å²) in [5.74, 6) is -0.493. The van der Waals surface area contributed by atoms with Crippen LogP contribution in [0.15, 0.2) is 6.20 Å². The molecule has 1 aliphatic rings. The van der Waals surface area contributed by atoms with Crippen LogP contribution >= 0.6 is 0 Å². The number of anilines is 1. The summed E-state index contributed by atoms with van der Waals surface area (Å²) in [7, 11) is 1.68. The molecule has 0 saturated carbocycles. The lowest BCUT2D eigenvalue weighted by atomic mass is 10.2. The van der Waals surface area contributed by atoms with E-state index in [1.165, 1.54) is 9.70 Å². The molecule has 1 fully saturated rings. The third-order valence-corrected chi connectivity index (χ3v) is 3.47. The second-order valence-corrected chi connectivity index (χ2v) is 5.04. The fourth-order valence-corrected chi connectivity index (χ4v) is 2.32. The van der Waals surface area contributed by atoms with Gasteiger partial charge in [-0.25, -0.2) is 4.39 Å². The van der Waals surface area contributed by atoms with Crippen LogP contribution < -0.4 is 10.6 Å². The standard InChI is InChI=1S/C12H19FN6O2/c1-3-19-15-5-10(16-19)17(2)7-11(20)18-6-8(13)4-9(18)12(14)21/h5,8-9H,3-4,6-7H2,1-2H3,(H2,14,21). The zero-order chi connectivity index (χ0) is 15.6. The maximum Gasteiger partial charge on any atom is 0.242 e. The lowest BCUT2D eigenvalue weighted by Crippen LogP contribution is -2.47. The average molecular weight is 298 g/mol. The van der Waals surface area contributed by atoms with E-state index in [2.05, 4.69) is 10.2 Å². The van der Waals surface area contributed by atoms with Gasteiger partial charge in [0.2, 0.25) is 11.8 Å². The molecule has 2 N–H and O–H groups in total. The Kier molecular flexibility index (Phi) is 4.39. The van der Waals surface area contributed by atoms with Gasteiger partial charge in [-0.3, -0.25) is 9.59 Å². The summed E-state index contributed by atoms with van der Waals surface area (Å²) in [6, 6.07) is -0.868. The molecule has 0 aromatic carbocycles. The molecule has 1 aliphatic heterocycles. The summed E-state index contributed by atoms with van der Waals surface area (Å²) >= 11 is 0. The van der Waals surface area contributed by atoms with Gasteiger partial charge in [0.05, 0.1) is 25.8 Å². The van der Waals surface area contributed by atoms with E-state index in [1.807, 2.05) is 6.92 Å². The molecule has 0 aliphatic carbocycles. The molecule has 1 aromatic rings. The van der Waals surface area contributed by atoms with Crippen molar-refractivity contribution in [3.63, 3.8) is 0 Å². The molecule has 0 radical (unpaired) electrons. The van der Waals surface area contributed by atoms with Crippen molar-refractivity contribution >= 4 is 17.6 Å². The third-order valence-electron chi connectivity index (χ3n) is 3.47. The van der Waals surface area contributed by atoms with Gasteiger partial charge < -0.3 is 15.5 Å². The molecule has 116 valence electrons. The van der Waals surface area contributed by atoms with Crippen molar-refractivity contribution in [1.82, 2.24) is 19.9 Å². The smallest absolute Gasteiger partial charge is 0.242 e. The molecule has 1 aromatic heterocycles. The maximum absolute atomic E-state index is 13.4. The topological polar surface area (TPSA) is 97.4 Å². The number of aromatic nitrogens is 3. The fraction of sp³-hybridized carbons (Fsp3) is 0.667. The van der Waals surface area contributed by atoms with Crippen molar-refractivity contribution in [1.29, 1.82) is 0 Å². The van der Waals surface area contributed by atoms with E-state index < -0.39 is 18.1 Å². The van der Waals surface area contributed by atoms with Gasteiger partial charge in [-0.15, -0.1) is 5.10 Å². The minimum atomic E-state index is -1.21. The van der Waals surface area contributed by atoms with E-state index in [0.29, 0.717) is 12.4 Å². The van der Waals surface area contributed by atoms with E-state index in [-0.39, 0.29) is 25.4 Å². The number of carbonyl (C=O) groups excluding carboxylic acids is 2. The van der Waals surface area contributed by atoms with Gasteiger partial charge >= 0.3 is 0 Å². The largest absolute Gasteiger partial charge is 0.368 e. The number of rotatable bonds is 5. The van der Waals surface area contributed by atoms with Crippen LogP contribution in [0.3, 0.4) is 0 Å². The first kappa shape index (κ1) is 15.2. The Morgan fingerprint density at radius 2 is 2.29 bits per heavy atom. The van der Waals surface area contributed by atoms with Gasteiger partial charge in [0, 0.05) is 13.5 Å². The summed E-state index contributed by atoms with van der Waals surface area (Å²) in [4.78, 5) is 27.8. The van der Waals surface area contributed by atoms with Crippen molar-refractivity contribution in [2.24, 2.45) is 5.73 Å². The Hall–Kier alpha value is -2.19. The molecule has 1 saturated heterocycles. The molecule has 0 spiro atoms. The monoisotopic (exact) mass is 298 g/mol. The number of likely N-dealkylation sites (tertiary alicyclic amines) is 1. The molecule has 9 heteroatoms. The quantitative estimate of drug-likeness (QED) is 0.764. The second-order valence-electron chi connectivity index (χ2n) is 5.04. The van der Waals surface area contributed by atoms with Crippen LogP contribution in [-0.2, 0) is 16.1 Å². The van der Waals surface area contributed by atoms with E-state index in [0.717, 1.165) is 0 Å². The van der Waals surface area contributed by atoms with Gasteiger partial charge in [0.25, 0.3) is 0 Å². The molecule has 2 atom stereocenters. The highest BCUT2D eigenvalue weighted by Gasteiger charge is 2.38. The number of nitrogens with zero attached hydrogens (tertiary/aromatic N) is 5. The first-order valence-electron chi connectivity index (χ1n) is 6.76. The van der Waals surface area contributed by atoms with Crippen LogP contribution in [0.5, 0.6) is 0 Å². The number of aryl methyl sites for hydroxylation is 1. The van der Waals surface area contributed by atoms with Gasteiger partial charge in [-0.05, 0) is 6.92 Å². The van der Waals surface area contributed by atoms with Crippen LogP contribution in [0.1, 0.15) is 13.3 Å². The Morgan fingerprint density at radius 1 is 1.57 bits per heavy atom. The molecular weight excluding hydrogens is 279 g/mol. The number of nitrogens with two attached hydrogens (primary N) is 1. The van der Waals surface area contributed by atoms with E-state index in [9.17, 15) is 14.0 Å². The Balaban J connectivity index is 2.01. The van der Waals surface area contributed by atoms with Gasteiger partial charge in [0.15, 0.2) is 5.82 Å². The van der Waals surface area contributed by atoms with Crippen molar-refractivity contribution in [2.75, 3.05) is 25.0 Å². The van der Waals surface area contributed by atoms with Crippen molar-refractivity contribution in [2.45, 2.75) is 32.1 Å². The fourth-order valence-electron chi connectivity index (χ4n) is 2.32. The number of primary amides is 1. The number of carbonyl (C=O) groups is 2. The molecule has 2 unspecified atom stereocenters. The van der Waals surface area contributed by atoms with Crippen molar-refractivity contribution in [3.8, 4) is 0 Å². The van der Waals surface area contributed by atoms with Crippen molar-refractivity contribution < 1.29 is 14.0 Å². The number of likely N-dealkylation sites (N-methyl/N-ethyl adjacent to an activating group) is 1. The Labute approximate surface area is 121 Å². The Morgan fingerprint density at radius 3 is 2.86 bits per heavy atom. The molecule has 21 heavy (non-hydrogen) atoms. The summed E-state index contributed by atoms with van der Waals surface area (Å²) < 4.78 is 13.4. The van der Waals surface area contributed by atoms with E-state index >= 15 is 0 Å². The molecule has 8 nitrogen and oxygen atoms in total. The molecule has 2 rings (SSSR count). The zero-order valence-electron chi connectivity index (χ0n) is 12.1. The first-order chi connectivity index (χ1) is 9.92. The summed E-state index contributed by atoms with van der Waals surface area (Å²) in [5, 5.41) is 8.19. The van der Waals surface area contributed by atoms with E-state index in [1.54, 1.807) is 18.1 Å². The van der Waals surface area contributed by atoms with Gasteiger partial charge in [0.1, 0.15) is 12.2 Å². The third kappa shape index (κ3) is 3.29. The predicted octanol–water partition coefficient (Wildman–Crippen LogP) is -0.841. The molecular formula is C12H19FN6O2. The highest BCUT2D eigenvalue weighted by atomic mass is 19.1. The molecule has 2 amide bonds. The van der Waals surface area contributed by atoms with Crippen LogP contribution in [0, 0.1) is 0 Å². The van der Waals surface area contributed by atoms with Gasteiger partial charge in [-0.2, -0.15) is 9.90 Å². The lowest BCUT2D eigenvalue weighted by molar-refractivity contribution is -0.136. The molecule has 0 bridgehead atoms. The van der Waals surface area contributed by atoms with Crippen LogP contribution in [-0.4, -0.2) is 64.1 Å². The second kappa shape index (κ2) is 6.06. The van der Waals surface area contributed by atoms with Crippen LogP contribution in [0.25, 0.3) is 0 Å². The number of hydrogen-bond acceptors (Lipinski definition) is 5. The van der Waals surface area contributed by atoms with Gasteiger partial charge in [-0.1, -0.05) is 0 Å². The SMILES string of the molecule is CCn1ncc(N(C)CC(=O)N2CC(F)CC2C(N)=O)n1. The molecule has 2 heterocycles. The maximum atomic E-state index is 13.4. The first-order valence-corrected chi connectivity index (χ1v) is 6.76. The summed E-state index contributed by atoms with van der Waals surface area (Å²) in [6.07, 6.45) is 0.305. The Bertz CT molecular complexity index is 534. The lowest BCUT2D eigenvalue weighted by Gasteiger charge is -2.24. The van der Waals surface area contributed by atoms with E-state index in [4.69, 9.17) is 5.73 Å².